The van der Waals surface area contributed by atoms with Gasteiger partial charge in [-0.05, 0) is 25.1 Å². The summed E-state index contributed by atoms with van der Waals surface area (Å²) in [5, 5.41) is 0.845. The van der Waals surface area contributed by atoms with E-state index < -0.39 is 0 Å². The number of benzene rings is 2. The van der Waals surface area contributed by atoms with Crippen LogP contribution in [-0.4, -0.2) is 12.9 Å². The van der Waals surface area contributed by atoms with Gasteiger partial charge < -0.3 is 9.15 Å². The lowest BCUT2D eigenvalue weighted by Gasteiger charge is -2.03. The Hall–Kier alpha value is -2.55. The second-order valence-corrected chi connectivity index (χ2v) is 4.59. The molecule has 0 aliphatic heterocycles. The van der Waals surface area contributed by atoms with Gasteiger partial charge in [0, 0.05) is 10.9 Å². The first-order chi connectivity index (χ1) is 9.70. The average molecular weight is 266 g/mol. The normalized spacial score (nSPS) is 10.7. The number of furan rings is 1. The molecule has 3 rings (SSSR count). The van der Waals surface area contributed by atoms with E-state index in [-0.39, 0.29) is 5.78 Å². The summed E-state index contributed by atoms with van der Waals surface area (Å²) in [5.41, 5.74) is 1.95. The van der Waals surface area contributed by atoms with Crippen LogP contribution in [-0.2, 0) is 0 Å². The quantitative estimate of drug-likeness (QED) is 0.673. The fraction of sp³-hybridized carbons (Fsp3) is 0.118. The SMILES string of the molecule is COc1cccc(C(=O)c2c(C)oc3ccccc23)c1. The van der Waals surface area contributed by atoms with Crippen molar-refractivity contribution < 1.29 is 13.9 Å². The Bertz CT molecular complexity index is 784. The summed E-state index contributed by atoms with van der Waals surface area (Å²) in [6.07, 6.45) is 0. The Labute approximate surface area is 116 Å². The highest BCUT2D eigenvalue weighted by Gasteiger charge is 2.19. The monoisotopic (exact) mass is 266 g/mol. The van der Waals surface area contributed by atoms with Crippen molar-refractivity contribution in [3.05, 3.63) is 65.4 Å². The Morgan fingerprint density at radius 2 is 1.90 bits per heavy atom. The van der Waals surface area contributed by atoms with Crippen molar-refractivity contribution in [1.82, 2.24) is 0 Å². The van der Waals surface area contributed by atoms with Gasteiger partial charge in [-0.2, -0.15) is 0 Å². The number of aryl methyl sites for hydroxylation is 1. The maximum absolute atomic E-state index is 12.7. The van der Waals surface area contributed by atoms with Gasteiger partial charge in [-0.3, -0.25) is 4.79 Å². The molecule has 0 amide bonds. The number of ether oxygens (including phenoxy) is 1. The molecule has 0 N–H and O–H groups in total. The summed E-state index contributed by atoms with van der Waals surface area (Å²) in [6.45, 7) is 1.81. The third-order valence-corrected chi connectivity index (χ3v) is 3.33. The van der Waals surface area contributed by atoms with Gasteiger partial charge in [0.25, 0.3) is 0 Å². The number of hydrogen-bond donors (Lipinski definition) is 0. The van der Waals surface area contributed by atoms with Gasteiger partial charge in [-0.25, -0.2) is 0 Å². The van der Waals surface area contributed by atoms with Gasteiger partial charge in [0.15, 0.2) is 5.78 Å². The Kier molecular flexibility index (Phi) is 3.03. The molecule has 0 aliphatic carbocycles. The average Bonchev–Trinajstić information content (AvgIpc) is 2.82. The predicted molar refractivity (Wildman–Crippen MR) is 77.4 cm³/mol. The highest BCUT2D eigenvalue weighted by atomic mass is 16.5. The molecule has 0 spiro atoms. The first-order valence-corrected chi connectivity index (χ1v) is 6.37. The third kappa shape index (κ3) is 1.97. The molecule has 2 aromatic carbocycles. The molecular weight excluding hydrogens is 252 g/mol. The first kappa shape index (κ1) is 12.5. The van der Waals surface area contributed by atoms with Crippen LogP contribution in [0.3, 0.4) is 0 Å². The van der Waals surface area contributed by atoms with E-state index in [2.05, 4.69) is 0 Å². The van der Waals surface area contributed by atoms with Gasteiger partial charge in [-0.15, -0.1) is 0 Å². The van der Waals surface area contributed by atoms with E-state index in [4.69, 9.17) is 9.15 Å². The van der Waals surface area contributed by atoms with Crippen LogP contribution in [0.1, 0.15) is 21.7 Å². The molecule has 0 saturated carbocycles. The molecule has 0 saturated heterocycles. The minimum Gasteiger partial charge on any atom is -0.497 e. The molecular formula is C17H14O3. The van der Waals surface area contributed by atoms with Gasteiger partial charge >= 0.3 is 0 Å². The van der Waals surface area contributed by atoms with Crippen molar-refractivity contribution in [3.63, 3.8) is 0 Å². The predicted octanol–water partition coefficient (Wildman–Crippen LogP) is 3.98. The summed E-state index contributed by atoms with van der Waals surface area (Å²) in [6, 6.07) is 14.7. The molecule has 3 heteroatoms. The molecule has 3 aromatic rings. The van der Waals surface area contributed by atoms with Crippen molar-refractivity contribution in [3.8, 4) is 5.75 Å². The van der Waals surface area contributed by atoms with E-state index in [0.717, 1.165) is 11.0 Å². The zero-order valence-corrected chi connectivity index (χ0v) is 11.3. The number of carbonyl (C=O) groups is 1. The van der Waals surface area contributed by atoms with Crippen LogP contribution in [0, 0.1) is 6.92 Å². The second-order valence-electron chi connectivity index (χ2n) is 4.59. The van der Waals surface area contributed by atoms with Gasteiger partial charge in [-0.1, -0.05) is 30.3 Å². The number of rotatable bonds is 3. The maximum Gasteiger partial charge on any atom is 0.197 e. The third-order valence-electron chi connectivity index (χ3n) is 3.33. The largest absolute Gasteiger partial charge is 0.497 e. The van der Waals surface area contributed by atoms with Crippen LogP contribution in [0.2, 0.25) is 0 Å². The number of para-hydroxylation sites is 1. The number of methoxy groups -OCH3 is 1. The van der Waals surface area contributed by atoms with E-state index >= 15 is 0 Å². The lowest BCUT2D eigenvalue weighted by molar-refractivity contribution is 0.103. The fourth-order valence-corrected chi connectivity index (χ4v) is 2.36. The zero-order valence-electron chi connectivity index (χ0n) is 11.3. The van der Waals surface area contributed by atoms with E-state index in [0.29, 0.717) is 22.6 Å². The molecule has 0 aliphatic rings. The summed E-state index contributed by atoms with van der Waals surface area (Å²) in [4.78, 5) is 12.7. The lowest BCUT2D eigenvalue weighted by Crippen LogP contribution is -2.02. The molecule has 20 heavy (non-hydrogen) atoms. The standard InChI is InChI=1S/C17H14O3/c1-11-16(14-8-3-4-9-15(14)20-11)17(18)12-6-5-7-13(10-12)19-2/h3-10H,1-2H3. The van der Waals surface area contributed by atoms with Crippen LogP contribution >= 0.6 is 0 Å². The van der Waals surface area contributed by atoms with E-state index in [1.54, 1.807) is 19.2 Å². The molecule has 1 aromatic heterocycles. The van der Waals surface area contributed by atoms with Gasteiger partial charge in [0.2, 0.25) is 0 Å². The minimum atomic E-state index is -0.0497. The molecule has 0 atom stereocenters. The Balaban J connectivity index is 2.14. The Morgan fingerprint density at radius 3 is 2.70 bits per heavy atom. The highest BCUT2D eigenvalue weighted by Crippen LogP contribution is 2.28. The van der Waals surface area contributed by atoms with Crippen LogP contribution in [0.4, 0.5) is 0 Å². The summed E-state index contributed by atoms with van der Waals surface area (Å²) in [5.74, 6) is 1.26. The molecule has 3 nitrogen and oxygen atoms in total. The Morgan fingerprint density at radius 1 is 1.10 bits per heavy atom. The molecule has 0 bridgehead atoms. The zero-order chi connectivity index (χ0) is 14.1. The summed E-state index contributed by atoms with van der Waals surface area (Å²) in [7, 11) is 1.59. The maximum atomic E-state index is 12.7. The van der Waals surface area contributed by atoms with Crippen molar-refractivity contribution in [2.24, 2.45) is 0 Å². The molecule has 0 unspecified atom stereocenters. The molecule has 1 heterocycles. The summed E-state index contributed by atoms with van der Waals surface area (Å²) < 4.78 is 10.8. The number of carbonyl (C=O) groups excluding carboxylic acids is 1. The topological polar surface area (TPSA) is 39.4 Å². The van der Waals surface area contributed by atoms with Crippen LogP contribution in [0.25, 0.3) is 11.0 Å². The smallest absolute Gasteiger partial charge is 0.197 e. The minimum absolute atomic E-state index is 0.0497. The van der Waals surface area contributed by atoms with E-state index in [1.807, 2.05) is 43.3 Å². The summed E-state index contributed by atoms with van der Waals surface area (Å²) >= 11 is 0. The van der Waals surface area contributed by atoms with Crippen molar-refractivity contribution in [1.29, 1.82) is 0 Å². The highest BCUT2D eigenvalue weighted by molar-refractivity contribution is 6.16. The molecule has 100 valence electrons. The van der Waals surface area contributed by atoms with Crippen LogP contribution in [0.15, 0.2) is 52.9 Å². The number of hydrogen-bond acceptors (Lipinski definition) is 3. The van der Waals surface area contributed by atoms with Crippen molar-refractivity contribution in [2.45, 2.75) is 6.92 Å². The van der Waals surface area contributed by atoms with E-state index in [9.17, 15) is 4.79 Å². The van der Waals surface area contributed by atoms with Gasteiger partial charge in [0.1, 0.15) is 17.1 Å². The molecule has 0 radical (unpaired) electrons. The molecule has 0 fully saturated rings. The lowest BCUT2D eigenvalue weighted by atomic mass is 10.0. The van der Waals surface area contributed by atoms with Crippen LogP contribution in [0.5, 0.6) is 5.75 Å². The second kappa shape index (κ2) is 4.85. The first-order valence-electron chi connectivity index (χ1n) is 6.37. The fourth-order valence-electron chi connectivity index (χ4n) is 2.36. The van der Waals surface area contributed by atoms with E-state index in [1.165, 1.54) is 0 Å². The number of fused-ring (bicyclic) bond motifs is 1. The van der Waals surface area contributed by atoms with Crippen molar-refractivity contribution >= 4 is 16.8 Å². The van der Waals surface area contributed by atoms with Gasteiger partial charge in [0.05, 0.1) is 12.7 Å². The van der Waals surface area contributed by atoms with Crippen molar-refractivity contribution in [2.75, 3.05) is 7.11 Å². The number of ketones is 1. The van der Waals surface area contributed by atoms with Crippen LogP contribution < -0.4 is 4.74 Å².